The Balaban J connectivity index is 1.96. The number of piperidine rings is 1. The minimum absolute atomic E-state index is 0.0172. The van der Waals surface area contributed by atoms with Crippen molar-refractivity contribution in [3.63, 3.8) is 0 Å². The van der Waals surface area contributed by atoms with E-state index >= 15 is 0 Å². The predicted octanol–water partition coefficient (Wildman–Crippen LogP) is 2.59. The summed E-state index contributed by atoms with van der Waals surface area (Å²) in [6, 6.07) is 3.65. The Morgan fingerprint density at radius 1 is 1.41 bits per heavy atom. The summed E-state index contributed by atoms with van der Waals surface area (Å²) >= 11 is 0. The smallest absolute Gasteiger partial charge is 0.321 e. The zero-order valence-electron chi connectivity index (χ0n) is 10.4. The molecule has 1 aliphatic rings. The highest BCUT2D eigenvalue weighted by atomic mass is 16.2. The number of amides is 2. The van der Waals surface area contributed by atoms with Crippen molar-refractivity contribution in [3.8, 4) is 0 Å². The molecule has 0 saturated carbocycles. The van der Waals surface area contributed by atoms with Crippen LogP contribution in [0, 0.1) is 11.8 Å². The largest absolute Gasteiger partial charge is 0.324 e. The van der Waals surface area contributed by atoms with Gasteiger partial charge in [-0.05, 0) is 30.4 Å². The third-order valence-electron chi connectivity index (χ3n) is 3.07. The molecular formula is C13H19N3O. The molecule has 0 aliphatic carbocycles. The van der Waals surface area contributed by atoms with Gasteiger partial charge in [-0.1, -0.05) is 13.8 Å². The van der Waals surface area contributed by atoms with Gasteiger partial charge < -0.3 is 10.2 Å². The summed E-state index contributed by atoms with van der Waals surface area (Å²) in [6.45, 7) is 6.08. The Labute approximate surface area is 102 Å². The van der Waals surface area contributed by atoms with Gasteiger partial charge in [0.1, 0.15) is 0 Å². The van der Waals surface area contributed by atoms with Gasteiger partial charge in [-0.15, -0.1) is 0 Å². The molecule has 1 aliphatic heterocycles. The highest BCUT2D eigenvalue weighted by Crippen LogP contribution is 2.21. The Morgan fingerprint density at radius 2 is 2.12 bits per heavy atom. The van der Waals surface area contributed by atoms with Gasteiger partial charge in [0.15, 0.2) is 0 Å². The highest BCUT2D eigenvalue weighted by molar-refractivity contribution is 5.89. The minimum Gasteiger partial charge on any atom is -0.324 e. The minimum atomic E-state index is -0.0172. The number of carbonyl (C=O) groups is 1. The summed E-state index contributed by atoms with van der Waals surface area (Å²) < 4.78 is 0. The normalized spacial score (nSPS) is 24.5. The first kappa shape index (κ1) is 11.9. The zero-order valence-corrected chi connectivity index (χ0v) is 10.4. The fourth-order valence-electron chi connectivity index (χ4n) is 2.47. The first-order chi connectivity index (χ1) is 8.15. The summed E-state index contributed by atoms with van der Waals surface area (Å²) in [6.07, 6.45) is 4.56. The third-order valence-corrected chi connectivity index (χ3v) is 3.07. The summed E-state index contributed by atoms with van der Waals surface area (Å²) in [7, 11) is 0. The van der Waals surface area contributed by atoms with Crippen LogP contribution in [0.15, 0.2) is 24.5 Å². The molecule has 2 heterocycles. The number of rotatable bonds is 1. The lowest BCUT2D eigenvalue weighted by atomic mass is 9.92. The number of hydrogen-bond donors (Lipinski definition) is 1. The molecule has 2 amide bonds. The maximum Gasteiger partial charge on any atom is 0.321 e. The van der Waals surface area contributed by atoms with Gasteiger partial charge in [-0.3, -0.25) is 4.98 Å². The number of carbonyl (C=O) groups excluding carboxylic acids is 1. The second-order valence-electron chi connectivity index (χ2n) is 5.02. The number of urea groups is 1. The molecule has 0 radical (unpaired) electrons. The van der Waals surface area contributed by atoms with Crippen molar-refractivity contribution in [1.82, 2.24) is 9.88 Å². The molecule has 1 aromatic rings. The summed E-state index contributed by atoms with van der Waals surface area (Å²) in [5.74, 6) is 1.16. The van der Waals surface area contributed by atoms with Crippen LogP contribution in [0.5, 0.6) is 0 Å². The molecule has 92 valence electrons. The standard InChI is InChI=1S/C13H19N3O/c1-10-6-11(2)9-16(8-10)13(17)15-12-4-3-5-14-7-12/h3-5,7,10-11H,6,8-9H2,1-2H3,(H,15,17)/t10-,11+. The molecule has 2 atom stereocenters. The van der Waals surface area contributed by atoms with Crippen LogP contribution in [-0.4, -0.2) is 29.0 Å². The molecule has 4 heteroatoms. The van der Waals surface area contributed by atoms with Gasteiger partial charge in [0.25, 0.3) is 0 Å². The van der Waals surface area contributed by atoms with Crippen LogP contribution in [0.1, 0.15) is 20.3 Å². The Kier molecular flexibility index (Phi) is 3.61. The average Bonchev–Trinajstić information content (AvgIpc) is 2.29. The number of pyridine rings is 1. The number of likely N-dealkylation sites (tertiary alicyclic amines) is 1. The fraction of sp³-hybridized carbons (Fsp3) is 0.538. The molecule has 17 heavy (non-hydrogen) atoms. The van der Waals surface area contributed by atoms with E-state index in [2.05, 4.69) is 24.1 Å². The van der Waals surface area contributed by atoms with Crippen LogP contribution in [0.3, 0.4) is 0 Å². The predicted molar refractivity (Wildman–Crippen MR) is 67.8 cm³/mol. The molecule has 2 rings (SSSR count). The molecule has 1 fully saturated rings. The van der Waals surface area contributed by atoms with Crippen molar-refractivity contribution in [2.45, 2.75) is 20.3 Å². The topological polar surface area (TPSA) is 45.2 Å². The van der Waals surface area contributed by atoms with Crippen molar-refractivity contribution in [2.75, 3.05) is 18.4 Å². The van der Waals surface area contributed by atoms with Gasteiger partial charge in [0, 0.05) is 19.3 Å². The van der Waals surface area contributed by atoms with Gasteiger partial charge >= 0.3 is 6.03 Å². The van der Waals surface area contributed by atoms with Crippen LogP contribution < -0.4 is 5.32 Å². The van der Waals surface area contributed by atoms with Crippen LogP contribution in [0.25, 0.3) is 0 Å². The van der Waals surface area contributed by atoms with E-state index < -0.39 is 0 Å². The van der Waals surface area contributed by atoms with Crippen molar-refractivity contribution in [3.05, 3.63) is 24.5 Å². The third kappa shape index (κ3) is 3.19. The van der Waals surface area contributed by atoms with Crippen LogP contribution in [0.4, 0.5) is 10.5 Å². The zero-order chi connectivity index (χ0) is 12.3. The quantitative estimate of drug-likeness (QED) is 0.810. The van der Waals surface area contributed by atoms with Crippen molar-refractivity contribution >= 4 is 11.7 Å². The van der Waals surface area contributed by atoms with Crippen molar-refractivity contribution < 1.29 is 4.79 Å². The first-order valence-electron chi connectivity index (χ1n) is 6.11. The lowest BCUT2D eigenvalue weighted by molar-refractivity contribution is 0.156. The summed E-state index contributed by atoms with van der Waals surface area (Å²) in [5, 5.41) is 2.88. The lowest BCUT2D eigenvalue weighted by Crippen LogP contribution is -2.44. The number of hydrogen-bond acceptors (Lipinski definition) is 2. The molecule has 1 saturated heterocycles. The van der Waals surface area contributed by atoms with E-state index in [0.717, 1.165) is 18.8 Å². The second kappa shape index (κ2) is 5.17. The van der Waals surface area contributed by atoms with Gasteiger partial charge in [-0.25, -0.2) is 4.79 Å². The molecule has 4 nitrogen and oxygen atoms in total. The van der Waals surface area contributed by atoms with Crippen LogP contribution in [0.2, 0.25) is 0 Å². The van der Waals surface area contributed by atoms with E-state index in [4.69, 9.17) is 0 Å². The Hall–Kier alpha value is -1.58. The van der Waals surface area contributed by atoms with E-state index in [1.807, 2.05) is 17.0 Å². The van der Waals surface area contributed by atoms with Gasteiger partial charge in [0.2, 0.25) is 0 Å². The molecule has 0 spiro atoms. The monoisotopic (exact) mass is 233 g/mol. The van der Waals surface area contributed by atoms with E-state index in [1.54, 1.807) is 12.4 Å². The van der Waals surface area contributed by atoms with E-state index in [9.17, 15) is 4.79 Å². The highest BCUT2D eigenvalue weighted by Gasteiger charge is 2.25. The lowest BCUT2D eigenvalue weighted by Gasteiger charge is -2.34. The van der Waals surface area contributed by atoms with Gasteiger partial charge in [-0.2, -0.15) is 0 Å². The number of anilines is 1. The SMILES string of the molecule is C[C@@H]1C[C@H](C)CN(C(=O)Nc2cccnc2)C1. The molecule has 0 unspecified atom stereocenters. The second-order valence-corrected chi connectivity index (χ2v) is 5.02. The fourth-order valence-corrected chi connectivity index (χ4v) is 2.47. The molecular weight excluding hydrogens is 214 g/mol. The van der Waals surface area contributed by atoms with Crippen molar-refractivity contribution in [2.24, 2.45) is 11.8 Å². The van der Waals surface area contributed by atoms with E-state index in [1.165, 1.54) is 6.42 Å². The summed E-state index contributed by atoms with van der Waals surface area (Å²) in [5.41, 5.74) is 0.753. The molecule has 1 N–H and O–H groups in total. The summed E-state index contributed by atoms with van der Waals surface area (Å²) in [4.78, 5) is 17.9. The number of nitrogens with one attached hydrogen (secondary N) is 1. The van der Waals surface area contributed by atoms with Crippen LogP contribution in [-0.2, 0) is 0 Å². The number of nitrogens with zero attached hydrogens (tertiary/aromatic N) is 2. The Bertz CT molecular complexity index is 370. The molecule has 1 aromatic heterocycles. The van der Waals surface area contributed by atoms with E-state index in [0.29, 0.717) is 11.8 Å². The van der Waals surface area contributed by atoms with Crippen molar-refractivity contribution in [1.29, 1.82) is 0 Å². The molecule has 0 aromatic carbocycles. The first-order valence-corrected chi connectivity index (χ1v) is 6.11. The average molecular weight is 233 g/mol. The van der Waals surface area contributed by atoms with Crippen LogP contribution >= 0.6 is 0 Å². The molecule has 0 bridgehead atoms. The number of aromatic nitrogens is 1. The van der Waals surface area contributed by atoms with Gasteiger partial charge in [0.05, 0.1) is 11.9 Å². The maximum atomic E-state index is 12.0. The Morgan fingerprint density at radius 3 is 2.71 bits per heavy atom. The maximum absolute atomic E-state index is 12.0. The van der Waals surface area contributed by atoms with E-state index in [-0.39, 0.29) is 6.03 Å².